The van der Waals surface area contributed by atoms with E-state index in [1.807, 2.05) is 0 Å². The van der Waals surface area contributed by atoms with Crippen molar-refractivity contribution in [1.82, 2.24) is 10.2 Å². The lowest BCUT2D eigenvalue weighted by atomic mass is 9.85. The molecular weight excluding hydrogens is 244 g/mol. The number of nitrogens with one attached hydrogen (secondary N) is 1. The van der Waals surface area contributed by atoms with Crippen LogP contribution in [0.1, 0.15) is 74.1 Å². The maximum atomic E-state index is 3.87. The highest BCUT2D eigenvalue weighted by molar-refractivity contribution is 4.98. The van der Waals surface area contributed by atoms with Crippen molar-refractivity contribution >= 4 is 0 Å². The summed E-state index contributed by atoms with van der Waals surface area (Å²) in [7, 11) is 0. The molecule has 2 atom stereocenters. The summed E-state index contributed by atoms with van der Waals surface area (Å²) in [5.74, 6) is 1.55. The fourth-order valence-electron chi connectivity index (χ4n) is 3.53. The molecule has 1 N–H and O–H groups in total. The average Bonchev–Trinajstić information content (AvgIpc) is 2.43. The Kier molecular flexibility index (Phi) is 7.00. The van der Waals surface area contributed by atoms with E-state index < -0.39 is 0 Å². The second kappa shape index (κ2) is 7.79. The summed E-state index contributed by atoms with van der Waals surface area (Å²) in [5.41, 5.74) is 0.345. The molecule has 1 rings (SSSR count). The summed E-state index contributed by atoms with van der Waals surface area (Å²) in [6.45, 7) is 18.9. The number of hydrogen-bond donors (Lipinski definition) is 1. The molecule has 1 fully saturated rings. The lowest BCUT2D eigenvalue weighted by Crippen LogP contribution is -2.66. The molecule has 0 saturated carbocycles. The highest BCUT2D eigenvalue weighted by Crippen LogP contribution is 2.28. The maximum Gasteiger partial charge on any atom is 0.0304 e. The molecule has 1 saturated heterocycles. The highest BCUT2D eigenvalue weighted by atomic mass is 15.3. The fourth-order valence-corrected chi connectivity index (χ4v) is 3.53. The predicted molar refractivity (Wildman–Crippen MR) is 90.2 cm³/mol. The summed E-state index contributed by atoms with van der Waals surface area (Å²) >= 11 is 0. The van der Waals surface area contributed by atoms with Gasteiger partial charge in [0.2, 0.25) is 0 Å². The van der Waals surface area contributed by atoms with Gasteiger partial charge in [0.05, 0.1) is 0 Å². The maximum absolute atomic E-state index is 3.87. The van der Waals surface area contributed by atoms with E-state index in [0.717, 1.165) is 18.4 Å². The summed E-state index contributed by atoms with van der Waals surface area (Å²) in [5, 5.41) is 3.87. The molecule has 0 aromatic rings. The van der Waals surface area contributed by atoms with E-state index >= 15 is 0 Å². The summed E-state index contributed by atoms with van der Waals surface area (Å²) in [6.07, 6.45) is 5.16. The van der Waals surface area contributed by atoms with Gasteiger partial charge in [-0.25, -0.2) is 0 Å². The molecule has 0 radical (unpaired) electrons. The van der Waals surface area contributed by atoms with Gasteiger partial charge in [-0.1, -0.05) is 41.5 Å². The number of rotatable bonds is 7. The second-order valence-electron chi connectivity index (χ2n) is 7.67. The molecule has 0 amide bonds. The average molecular weight is 283 g/mol. The van der Waals surface area contributed by atoms with Crippen LogP contribution >= 0.6 is 0 Å². The standard InChI is InChI=1S/C18H38N2/c1-8-18(9-2)13-20(16(7)11-10-14(3)4)17(12-19-18)15(5)6/h14-17,19H,8-13H2,1-7H3. The summed E-state index contributed by atoms with van der Waals surface area (Å²) in [4.78, 5) is 2.82. The van der Waals surface area contributed by atoms with E-state index in [1.54, 1.807) is 0 Å². The molecule has 120 valence electrons. The van der Waals surface area contributed by atoms with Gasteiger partial charge in [0, 0.05) is 30.7 Å². The van der Waals surface area contributed by atoms with Crippen molar-refractivity contribution in [3.63, 3.8) is 0 Å². The minimum atomic E-state index is 0.345. The van der Waals surface area contributed by atoms with Crippen molar-refractivity contribution in [3.8, 4) is 0 Å². The van der Waals surface area contributed by atoms with E-state index in [4.69, 9.17) is 0 Å². The van der Waals surface area contributed by atoms with Gasteiger partial charge in [0.15, 0.2) is 0 Å². The molecule has 2 unspecified atom stereocenters. The van der Waals surface area contributed by atoms with Crippen LogP contribution in [0.25, 0.3) is 0 Å². The Bertz CT molecular complexity index is 269. The van der Waals surface area contributed by atoms with Gasteiger partial charge in [0.25, 0.3) is 0 Å². The molecule has 1 aliphatic heterocycles. The number of hydrogen-bond acceptors (Lipinski definition) is 2. The lowest BCUT2D eigenvalue weighted by molar-refractivity contribution is 0.0180. The van der Waals surface area contributed by atoms with Gasteiger partial charge in [-0.2, -0.15) is 0 Å². The fraction of sp³-hybridized carbons (Fsp3) is 1.00. The molecule has 0 aliphatic carbocycles. The van der Waals surface area contributed by atoms with E-state index in [0.29, 0.717) is 17.6 Å². The first-order valence-electron chi connectivity index (χ1n) is 8.86. The SMILES string of the molecule is CCC1(CC)CN(C(C)CCC(C)C)C(C(C)C)CN1. The molecule has 1 heterocycles. The zero-order valence-electron chi connectivity index (χ0n) is 15.0. The van der Waals surface area contributed by atoms with Gasteiger partial charge in [-0.05, 0) is 44.4 Å². The van der Waals surface area contributed by atoms with E-state index in [1.165, 1.54) is 32.2 Å². The Morgan fingerprint density at radius 3 is 2.10 bits per heavy atom. The molecule has 0 spiro atoms. The van der Waals surface area contributed by atoms with Crippen molar-refractivity contribution in [2.24, 2.45) is 11.8 Å². The summed E-state index contributed by atoms with van der Waals surface area (Å²) < 4.78 is 0. The first-order valence-corrected chi connectivity index (χ1v) is 8.86. The number of piperazine rings is 1. The van der Waals surface area contributed by atoms with Crippen molar-refractivity contribution in [3.05, 3.63) is 0 Å². The van der Waals surface area contributed by atoms with Crippen LogP contribution in [0.3, 0.4) is 0 Å². The molecule has 20 heavy (non-hydrogen) atoms. The van der Waals surface area contributed by atoms with E-state index in [9.17, 15) is 0 Å². The Morgan fingerprint density at radius 2 is 1.65 bits per heavy atom. The van der Waals surface area contributed by atoms with Crippen molar-refractivity contribution < 1.29 is 0 Å². The zero-order valence-corrected chi connectivity index (χ0v) is 15.0. The van der Waals surface area contributed by atoms with Crippen LogP contribution in [0.2, 0.25) is 0 Å². The smallest absolute Gasteiger partial charge is 0.0304 e. The van der Waals surface area contributed by atoms with Crippen molar-refractivity contribution in [2.45, 2.75) is 91.8 Å². The molecular formula is C18H38N2. The zero-order chi connectivity index (χ0) is 15.3. The van der Waals surface area contributed by atoms with Crippen LogP contribution in [0.4, 0.5) is 0 Å². The normalized spacial score (nSPS) is 25.4. The number of nitrogens with zero attached hydrogens (tertiary/aromatic N) is 1. The van der Waals surface area contributed by atoms with Crippen molar-refractivity contribution in [2.75, 3.05) is 13.1 Å². The molecule has 2 heteroatoms. The van der Waals surface area contributed by atoms with Gasteiger partial charge in [0.1, 0.15) is 0 Å². The Labute approximate surface area is 127 Å². The van der Waals surface area contributed by atoms with Gasteiger partial charge < -0.3 is 5.32 Å². The minimum Gasteiger partial charge on any atom is -0.308 e. The van der Waals surface area contributed by atoms with E-state index in [-0.39, 0.29) is 0 Å². The van der Waals surface area contributed by atoms with Crippen LogP contribution in [-0.4, -0.2) is 35.6 Å². The third-order valence-electron chi connectivity index (χ3n) is 5.45. The van der Waals surface area contributed by atoms with E-state index in [2.05, 4.69) is 58.7 Å². The van der Waals surface area contributed by atoms with Gasteiger partial charge in [-0.3, -0.25) is 4.90 Å². The minimum absolute atomic E-state index is 0.345. The topological polar surface area (TPSA) is 15.3 Å². The van der Waals surface area contributed by atoms with Crippen LogP contribution in [0.15, 0.2) is 0 Å². The first-order chi connectivity index (χ1) is 9.35. The van der Waals surface area contributed by atoms with Crippen LogP contribution in [-0.2, 0) is 0 Å². The quantitative estimate of drug-likeness (QED) is 0.749. The molecule has 1 aliphatic rings. The Morgan fingerprint density at radius 1 is 1.05 bits per heavy atom. The summed E-state index contributed by atoms with van der Waals surface area (Å²) in [6, 6.07) is 1.41. The predicted octanol–water partition coefficient (Wildman–Crippen LogP) is 4.30. The second-order valence-corrected chi connectivity index (χ2v) is 7.67. The first kappa shape index (κ1) is 18.0. The Hall–Kier alpha value is -0.0800. The lowest BCUT2D eigenvalue weighted by Gasteiger charge is -2.51. The Balaban J connectivity index is 2.77. The van der Waals surface area contributed by atoms with Crippen LogP contribution in [0.5, 0.6) is 0 Å². The molecule has 2 nitrogen and oxygen atoms in total. The highest BCUT2D eigenvalue weighted by Gasteiger charge is 2.39. The largest absolute Gasteiger partial charge is 0.308 e. The van der Waals surface area contributed by atoms with Crippen LogP contribution in [0, 0.1) is 11.8 Å². The monoisotopic (exact) mass is 282 g/mol. The molecule has 0 bridgehead atoms. The molecule has 0 aromatic carbocycles. The van der Waals surface area contributed by atoms with Crippen LogP contribution < -0.4 is 5.32 Å². The molecule has 0 aromatic heterocycles. The van der Waals surface area contributed by atoms with Gasteiger partial charge in [-0.15, -0.1) is 0 Å². The van der Waals surface area contributed by atoms with Crippen molar-refractivity contribution in [1.29, 1.82) is 0 Å². The third kappa shape index (κ3) is 4.46. The third-order valence-corrected chi connectivity index (χ3v) is 5.45. The van der Waals surface area contributed by atoms with Gasteiger partial charge >= 0.3 is 0 Å².